The van der Waals surface area contributed by atoms with Crippen LogP contribution >= 0.6 is 0 Å². The minimum Gasteiger partial charge on any atom is -0.494 e. The molecule has 4 unspecified atom stereocenters. The minimum atomic E-state index is -1.18. The minimum absolute atomic E-state index is 0.0500. The van der Waals surface area contributed by atoms with Crippen molar-refractivity contribution in [1.82, 2.24) is 31.2 Å². The lowest BCUT2D eigenvalue weighted by molar-refractivity contribution is -0.146. The van der Waals surface area contributed by atoms with Crippen LogP contribution in [0.5, 0.6) is 11.6 Å². The SMILES string of the molecule is C=CCOC(=O)CNC(=O)C(=O)C(CCC)NC(=O)C1CCCN1C(=O)C(NC(=O)C(NC(=O)c1nc(OC)ccc1OC)C(C)C)C1CCCCC1. The molecular formula is C37H54N6O10. The molecule has 2 heterocycles. The topological polar surface area (TPSA) is 211 Å². The van der Waals surface area contributed by atoms with Crippen LogP contribution in [0.1, 0.15) is 89.0 Å². The lowest BCUT2D eigenvalue weighted by Crippen LogP contribution is -2.60. The average molecular weight is 743 g/mol. The van der Waals surface area contributed by atoms with Gasteiger partial charge in [-0.2, -0.15) is 0 Å². The summed E-state index contributed by atoms with van der Waals surface area (Å²) in [5.74, 6) is -5.20. The van der Waals surface area contributed by atoms with Gasteiger partial charge < -0.3 is 40.4 Å². The number of nitrogens with one attached hydrogen (secondary N) is 4. The van der Waals surface area contributed by atoms with Gasteiger partial charge in [0.05, 0.1) is 20.3 Å². The number of nitrogens with zero attached hydrogens (tertiary/aromatic N) is 2. The number of esters is 1. The van der Waals surface area contributed by atoms with Crippen LogP contribution < -0.4 is 30.7 Å². The van der Waals surface area contributed by atoms with E-state index >= 15 is 0 Å². The second-order valence-corrected chi connectivity index (χ2v) is 13.5. The molecule has 0 aromatic carbocycles. The lowest BCUT2D eigenvalue weighted by atomic mass is 9.83. The molecule has 3 rings (SSSR count). The number of amides is 5. The van der Waals surface area contributed by atoms with E-state index in [1.165, 1.54) is 31.3 Å². The molecule has 53 heavy (non-hydrogen) atoms. The van der Waals surface area contributed by atoms with E-state index in [1.807, 2.05) is 0 Å². The van der Waals surface area contributed by atoms with Crippen molar-refractivity contribution in [3.63, 3.8) is 0 Å². The number of ether oxygens (including phenoxy) is 3. The Morgan fingerprint density at radius 3 is 2.30 bits per heavy atom. The molecule has 2 fully saturated rings. The van der Waals surface area contributed by atoms with E-state index in [1.54, 1.807) is 26.8 Å². The summed E-state index contributed by atoms with van der Waals surface area (Å²) >= 11 is 0. The van der Waals surface area contributed by atoms with Crippen molar-refractivity contribution in [1.29, 1.82) is 0 Å². The highest BCUT2D eigenvalue weighted by atomic mass is 16.5. The molecule has 1 aliphatic heterocycles. The van der Waals surface area contributed by atoms with E-state index in [4.69, 9.17) is 14.2 Å². The normalized spacial score (nSPS) is 17.5. The van der Waals surface area contributed by atoms with Crippen molar-refractivity contribution in [2.45, 2.75) is 103 Å². The van der Waals surface area contributed by atoms with Crippen molar-refractivity contribution >= 4 is 41.3 Å². The van der Waals surface area contributed by atoms with E-state index in [2.05, 4.69) is 32.8 Å². The van der Waals surface area contributed by atoms with Gasteiger partial charge >= 0.3 is 5.97 Å². The maximum absolute atomic E-state index is 14.4. The molecule has 4 N–H and O–H groups in total. The van der Waals surface area contributed by atoms with Crippen LogP contribution in [0.3, 0.4) is 0 Å². The number of hydrogen-bond acceptors (Lipinski definition) is 11. The number of carbonyl (C=O) groups excluding carboxylic acids is 7. The summed E-state index contributed by atoms with van der Waals surface area (Å²) in [6.07, 6.45) is 6.92. The Morgan fingerprint density at radius 1 is 0.962 bits per heavy atom. The summed E-state index contributed by atoms with van der Waals surface area (Å²) in [7, 11) is 2.80. The molecule has 1 saturated carbocycles. The Morgan fingerprint density at radius 2 is 1.68 bits per heavy atom. The fraction of sp³-hybridized carbons (Fsp3) is 0.622. The molecule has 5 amide bonds. The van der Waals surface area contributed by atoms with Gasteiger partial charge in [0.25, 0.3) is 11.8 Å². The Kier molecular flexibility index (Phi) is 16.7. The van der Waals surface area contributed by atoms with Gasteiger partial charge in [-0.25, -0.2) is 4.98 Å². The largest absolute Gasteiger partial charge is 0.494 e. The van der Waals surface area contributed by atoms with Crippen molar-refractivity contribution in [3.8, 4) is 11.6 Å². The van der Waals surface area contributed by atoms with Gasteiger partial charge in [0, 0.05) is 12.6 Å². The number of carbonyl (C=O) groups is 7. The average Bonchev–Trinajstić information content (AvgIpc) is 3.66. The van der Waals surface area contributed by atoms with Crippen molar-refractivity contribution < 1.29 is 47.8 Å². The fourth-order valence-electron chi connectivity index (χ4n) is 6.61. The number of hydrogen-bond donors (Lipinski definition) is 4. The number of likely N-dealkylation sites (tertiary alicyclic amines) is 1. The molecule has 1 aromatic heterocycles. The van der Waals surface area contributed by atoms with Gasteiger partial charge in [-0.15, -0.1) is 0 Å². The summed E-state index contributed by atoms with van der Waals surface area (Å²) < 4.78 is 15.3. The van der Waals surface area contributed by atoms with Gasteiger partial charge in [0.15, 0.2) is 5.69 Å². The zero-order valence-electron chi connectivity index (χ0n) is 31.4. The zero-order valence-corrected chi connectivity index (χ0v) is 31.4. The Hall–Kier alpha value is -5.02. The predicted octanol–water partition coefficient (Wildman–Crippen LogP) is 1.61. The van der Waals surface area contributed by atoms with Gasteiger partial charge in [0.1, 0.15) is 37.0 Å². The van der Waals surface area contributed by atoms with E-state index in [9.17, 15) is 33.6 Å². The first-order valence-electron chi connectivity index (χ1n) is 18.3. The highest BCUT2D eigenvalue weighted by Gasteiger charge is 2.42. The molecule has 0 spiro atoms. The van der Waals surface area contributed by atoms with E-state index < -0.39 is 72.0 Å². The first kappa shape index (κ1) is 42.4. The standard InChI is InChI=1S/C37H54N6O10/c1-7-13-24(32(45)36(49)38-21-28(44)53-20-8-2)39-33(46)25-16-12-19-43(25)37(50)30(23-14-10-9-11-15-23)42-34(47)29(22(3)4)41-35(48)31-26(51-5)17-18-27(40-31)52-6/h8,17-18,22-25,29-30H,2,7,9-16,19-21H2,1,3-6H3,(H,38,49)(H,39,46)(H,41,48)(H,42,47). The first-order valence-corrected chi connectivity index (χ1v) is 18.3. The molecule has 4 atom stereocenters. The Labute approximate surface area is 310 Å². The van der Waals surface area contributed by atoms with Crippen LogP contribution in [0.15, 0.2) is 24.8 Å². The van der Waals surface area contributed by atoms with Crippen LogP contribution in [0.4, 0.5) is 0 Å². The maximum atomic E-state index is 14.4. The molecular weight excluding hydrogens is 688 g/mol. The van der Waals surface area contributed by atoms with Crippen LogP contribution in [-0.2, 0) is 33.5 Å². The summed E-state index contributed by atoms with van der Waals surface area (Å²) in [5, 5.41) is 10.6. The Bertz CT molecular complexity index is 1490. The van der Waals surface area contributed by atoms with Gasteiger partial charge in [-0.1, -0.05) is 59.1 Å². The summed E-state index contributed by atoms with van der Waals surface area (Å²) in [4.78, 5) is 98.5. The van der Waals surface area contributed by atoms with Crippen LogP contribution in [-0.4, -0.2) is 109 Å². The molecule has 292 valence electrons. The summed E-state index contributed by atoms with van der Waals surface area (Å²) in [6.45, 7) is 8.43. The van der Waals surface area contributed by atoms with Crippen molar-refractivity contribution in [2.24, 2.45) is 11.8 Å². The molecule has 1 aliphatic carbocycles. The van der Waals surface area contributed by atoms with Gasteiger partial charge in [-0.05, 0) is 50.0 Å². The first-order chi connectivity index (χ1) is 25.4. The van der Waals surface area contributed by atoms with E-state index in [0.29, 0.717) is 32.1 Å². The number of ketones is 1. The zero-order chi connectivity index (χ0) is 39.1. The molecule has 0 bridgehead atoms. The van der Waals surface area contributed by atoms with E-state index in [0.717, 1.165) is 19.3 Å². The molecule has 16 heteroatoms. The van der Waals surface area contributed by atoms with Crippen LogP contribution in [0, 0.1) is 11.8 Å². The van der Waals surface area contributed by atoms with Gasteiger partial charge in [-0.3, -0.25) is 33.6 Å². The van der Waals surface area contributed by atoms with Crippen LogP contribution in [0.2, 0.25) is 0 Å². The highest BCUT2D eigenvalue weighted by molar-refractivity contribution is 6.38. The number of pyridine rings is 1. The number of methoxy groups -OCH3 is 2. The van der Waals surface area contributed by atoms with Crippen LogP contribution in [0.25, 0.3) is 0 Å². The molecule has 16 nitrogen and oxygen atoms in total. The Balaban J connectivity index is 1.78. The third-order valence-corrected chi connectivity index (χ3v) is 9.43. The van der Waals surface area contributed by atoms with Gasteiger partial charge in [0.2, 0.25) is 29.4 Å². The smallest absolute Gasteiger partial charge is 0.325 e. The molecule has 0 radical (unpaired) electrons. The second kappa shape index (κ2) is 20.9. The molecule has 2 aliphatic rings. The monoisotopic (exact) mass is 742 g/mol. The number of rotatable bonds is 19. The van der Waals surface area contributed by atoms with Crippen molar-refractivity contribution in [2.75, 3.05) is 33.9 Å². The second-order valence-electron chi connectivity index (χ2n) is 13.5. The molecule has 1 aromatic rings. The summed E-state index contributed by atoms with van der Waals surface area (Å²) in [6, 6.07) is -1.07. The quantitative estimate of drug-likeness (QED) is 0.0909. The predicted molar refractivity (Wildman–Crippen MR) is 193 cm³/mol. The lowest BCUT2D eigenvalue weighted by Gasteiger charge is -2.36. The highest BCUT2D eigenvalue weighted by Crippen LogP contribution is 2.30. The molecule has 1 saturated heterocycles. The maximum Gasteiger partial charge on any atom is 0.325 e. The van der Waals surface area contributed by atoms with Crippen molar-refractivity contribution in [3.05, 3.63) is 30.5 Å². The third-order valence-electron chi connectivity index (χ3n) is 9.43. The third kappa shape index (κ3) is 11.7. The number of Topliss-reactive ketones (excluding diaryl/α,β-unsaturated/α-hetero) is 1. The van der Waals surface area contributed by atoms with E-state index in [-0.39, 0.29) is 48.7 Å². The summed E-state index contributed by atoms with van der Waals surface area (Å²) in [5.41, 5.74) is -0.0699. The fourth-order valence-corrected chi connectivity index (χ4v) is 6.61. The number of aromatic nitrogens is 1.